The largest absolute Gasteiger partial charge is 0.431 e. The van der Waals surface area contributed by atoms with E-state index in [1.165, 1.54) is 29.5 Å². The van der Waals surface area contributed by atoms with Gasteiger partial charge in [-0.3, -0.25) is 0 Å². The number of rotatable bonds is 2. The van der Waals surface area contributed by atoms with Crippen LogP contribution in [0.2, 0.25) is 5.02 Å². The Balaban J connectivity index is 1.94. The number of nitrogens with zero attached hydrogens (tertiary/aromatic N) is 1. The SMILES string of the molecule is Nc1ccc2nc(Oc3ccc(F)c(Cl)c3)sc2c1. The molecule has 0 atom stereocenters. The first-order chi connectivity index (χ1) is 9.11. The molecule has 1 aromatic heterocycles. The van der Waals surface area contributed by atoms with Crippen LogP contribution in [0.25, 0.3) is 10.2 Å². The third kappa shape index (κ3) is 2.47. The van der Waals surface area contributed by atoms with Crippen LogP contribution in [0.15, 0.2) is 36.4 Å². The molecule has 0 spiro atoms. The summed E-state index contributed by atoms with van der Waals surface area (Å²) in [6.45, 7) is 0. The van der Waals surface area contributed by atoms with Crippen LogP contribution in [0.5, 0.6) is 10.9 Å². The lowest BCUT2D eigenvalue weighted by atomic mass is 10.3. The standard InChI is InChI=1S/C13H8ClFN2OS/c14-9-6-8(2-3-10(9)15)18-13-17-11-4-1-7(16)5-12(11)19-13/h1-6H,16H2. The number of hydrogen-bond donors (Lipinski definition) is 1. The fourth-order valence-corrected chi connectivity index (χ4v) is 2.66. The molecule has 0 saturated heterocycles. The zero-order valence-corrected chi connectivity index (χ0v) is 11.1. The van der Waals surface area contributed by atoms with Crippen molar-refractivity contribution < 1.29 is 9.13 Å². The molecular weight excluding hydrogens is 287 g/mol. The van der Waals surface area contributed by atoms with Crippen molar-refractivity contribution in [1.82, 2.24) is 4.98 Å². The maximum Gasteiger partial charge on any atom is 0.279 e. The first-order valence-corrected chi connectivity index (χ1v) is 6.60. The number of fused-ring (bicyclic) bond motifs is 1. The molecule has 3 aromatic rings. The summed E-state index contributed by atoms with van der Waals surface area (Å²) in [5, 5.41) is 0.478. The fourth-order valence-electron chi connectivity index (χ4n) is 1.60. The smallest absolute Gasteiger partial charge is 0.279 e. The number of anilines is 1. The monoisotopic (exact) mass is 294 g/mol. The van der Waals surface area contributed by atoms with Crippen LogP contribution >= 0.6 is 22.9 Å². The molecule has 3 rings (SSSR count). The van der Waals surface area contributed by atoms with Crippen molar-refractivity contribution in [3.8, 4) is 10.9 Å². The normalized spacial score (nSPS) is 10.8. The van der Waals surface area contributed by atoms with E-state index < -0.39 is 5.82 Å². The molecule has 0 radical (unpaired) electrons. The minimum atomic E-state index is -0.480. The van der Waals surface area contributed by atoms with Gasteiger partial charge in [0.15, 0.2) is 0 Å². The van der Waals surface area contributed by atoms with Gasteiger partial charge in [-0.05, 0) is 30.3 Å². The highest BCUT2D eigenvalue weighted by molar-refractivity contribution is 7.20. The Morgan fingerprint density at radius 2 is 2.05 bits per heavy atom. The van der Waals surface area contributed by atoms with Crippen LogP contribution in [0.4, 0.5) is 10.1 Å². The van der Waals surface area contributed by atoms with E-state index in [-0.39, 0.29) is 5.02 Å². The van der Waals surface area contributed by atoms with Crippen molar-refractivity contribution in [2.75, 3.05) is 5.73 Å². The molecule has 0 fully saturated rings. The topological polar surface area (TPSA) is 48.1 Å². The minimum absolute atomic E-state index is 0.0165. The highest BCUT2D eigenvalue weighted by atomic mass is 35.5. The summed E-state index contributed by atoms with van der Waals surface area (Å²) >= 11 is 7.06. The number of benzene rings is 2. The van der Waals surface area contributed by atoms with E-state index in [4.69, 9.17) is 22.1 Å². The second kappa shape index (κ2) is 4.68. The molecular formula is C13H8ClFN2OS. The summed E-state index contributed by atoms with van der Waals surface area (Å²) in [7, 11) is 0. The zero-order chi connectivity index (χ0) is 13.4. The van der Waals surface area contributed by atoms with Gasteiger partial charge >= 0.3 is 0 Å². The van der Waals surface area contributed by atoms with Crippen molar-refractivity contribution in [2.45, 2.75) is 0 Å². The van der Waals surface area contributed by atoms with Crippen LogP contribution in [-0.2, 0) is 0 Å². The van der Waals surface area contributed by atoms with Gasteiger partial charge in [-0.25, -0.2) is 9.37 Å². The van der Waals surface area contributed by atoms with Crippen LogP contribution in [0.1, 0.15) is 0 Å². The Hall–Kier alpha value is -1.85. The molecule has 3 nitrogen and oxygen atoms in total. The molecule has 0 aliphatic heterocycles. The maximum absolute atomic E-state index is 13.0. The number of aromatic nitrogens is 1. The van der Waals surface area contributed by atoms with Gasteiger partial charge in [-0.15, -0.1) is 0 Å². The summed E-state index contributed by atoms with van der Waals surface area (Å²) < 4.78 is 19.5. The molecule has 0 unspecified atom stereocenters. The van der Waals surface area contributed by atoms with Gasteiger partial charge < -0.3 is 10.5 Å². The third-order valence-electron chi connectivity index (χ3n) is 2.49. The van der Waals surface area contributed by atoms with E-state index in [1.807, 2.05) is 12.1 Å². The highest BCUT2D eigenvalue weighted by Crippen LogP contribution is 2.33. The fraction of sp³-hybridized carbons (Fsp3) is 0. The van der Waals surface area contributed by atoms with Crippen LogP contribution in [0.3, 0.4) is 0 Å². The summed E-state index contributed by atoms with van der Waals surface area (Å²) in [6.07, 6.45) is 0. The Bertz CT molecular complexity index is 759. The lowest BCUT2D eigenvalue weighted by Crippen LogP contribution is -1.84. The van der Waals surface area contributed by atoms with Crippen molar-refractivity contribution in [1.29, 1.82) is 0 Å². The van der Waals surface area contributed by atoms with E-state index in [0.29, 0.717) is 16.6 Å². The summed E-state index contributed by atoms with van der Waals surface area (Å²) in [5.41, 5.74) is 7.18. The summed E-state index contributed by atoms with van der Waals surface area (Å²) in [6, 6.07) is 9.60. The number of nitrogen functional groups attached to an aromatic ring is 1. The molecule has 0 aliphatic carbocycles. The highest BCUT2D eigenvalue weighted by Gasteiger charge is 2.08. The van der Waals surface area contributed by atoms with E-state index in [1.54, 1.807) is 6.07 Å². The Morgan fingerprint density at radius 3 is 2.84 bits per heavy atom. The van der Waals surface area contributed by atoms with Gasteiger partial charge in [0.25, 0.3) is 5.19 Å². The first-order valence-electron chi connectivity index (χ1n) is 5.41. The van der Waals surface area contributed by atoms with Crippen LogP contribution in [-0.4, -0.2) is 4.98 Å². The van der Waals surface area contributed by atoms with Gasteiger partial charge in [-0.2, -0.15) is 0 Å². The van der Waals surface area contributed by atoms with E-state index in [0.717, 1.165) is 10.2 Å². The zero-order valence-electron chi connectivity index (χ0n) is 9.56. The van der Waals surface area contributed by atoms with Gasteiger partial charge in [0.1, 0.15) is 11.6 Å². The maximum atomic E-state index is 13.0. The molecule has 2 N–H and O–H groups in total. The third-order valence-corrected chi connectivity index (χ3v) is 3.67. The second-order valence-electron chi connectivity index (χ2n) is 3.88. The number of thiazole rings is 1. The second-order valence-corrected chi connectivity index (χ2v) is 5.29. The molecule has 0 aliphatic rings. The van der Waals surface area contributed by atoms with Gasteiger partial charge in [0.2, 0.25) is 0 Å². The lowest BCUT2D eigenvalue weighted by molar-refractivity contribution is 0.478. The van der Waals surface area contributed by atoms with E-state index >= 15 is 0 Å². The Morgan fingerprint density at radius 1 is 1.21 bits per heavy atom. The molecule has 2 aromatic carbocycles. The number of halogens is 2. The molecule has 6 heteroatoms. The van der Waals surface area contributed by atoms with Crippen molar-refractivity contribution >= 4 is 38.8 Å². The quantitative estimate of drug-likeness (QED) is 0.710. The predicted molar refractivity (Wildman–Crippen MR) is 75.5 cm³/mol. The average molecular weight is 295 g/mol. The van der Waals surface area contributed by atoms with Crippen molar-refractivity contribution in [3.63, 3.8) is 0 Å². The molecule has 0 saturated carbocycles. The number of hydrogen-bond acceptors (Lipinski definition) is 4. The summed E-state index contributed by atoms with van der Waals surface area (Å²) in [4.78, 5) is 4.31. The molecule has 1 heterocycles. The molecule has 19 heavy (non-hydrogen) atoms. The van der Waals surface area contributed by atoms with Gasteiger partial charge in [-0.1, -0.05) is 22.9 Å². The lowest BCUT2D eigenvalue weighted by Gasteiger charge is -2.01. The average Bonchev–Trinajstić information content (AvgIpc) is 2.75. The molecule has 96 valence electrons. The Labute approximate surface area is 117 Å². The Kier molecular flexibility index (Phi) is 3.00. The molecule has 0 amide bonds. The predicted octanol–water partition coefficient (Wildman–Crippen LogP) is 4.46. The van der Waals surface area contributed by atoms with Crippen LogP contribution < -0.4 is 10.5 Å². The van der Waals surface area contributed by atoms with E-state index in [2.05, 4.69) is 4.98 Å². The van der Waals surface area contributed by atoms with E-state index in [9.17, 15) is 4.39 Å². The minimum Gasteiger partial charge on any atom is -0.431 e. The van der Waals surface area contributed by atoms with Crippen molar-refractivity contribution in [2.24, 2.45) is 0 Å². The molecule has 0 bridgehead atoms. The van der Waals surface area contributed by atoms with Crippen molar-refractivity contribution in [3.05, 3.63) is 47.2 Å². The first kappa shape index (κ1) is 12.2. The van der Waals surface area contributed by atoms with Gasteiger partial charge in [0.05, 0.1) is 15.2 Å². The summed E-state index contributed by atoms with van der Waals surface area (Å²) in [5.74, 6) is -0.0375. The van der Waals surface area contributed by atoms with Crippen LogP contribution in [0, 0.1) is 5.82 Å². The van der Waals surface area contributed by atoms with Gasteiger partial charge in [0, 0.05) is 11.8 Å². The number of nitrogens with two attached hydrogens (primary N) is 1. The number of ether oxygens (including phenoxy) is 1.